The molecule has 0 atom stereocenters. The highest BCUT2D eigenvalue weighted by molar-refractivity contribution is 9.10. The maximum absolute atomic E-state index is 12.3. The summed E-state index contributed by atoms with van der Waals surface area (Å²) < 4.78 is 41.7. The van der Waals surface area contributed by atoms with Crippen LogP contribution in [-0.4, -0.2) is 18.6 Å². The predicted octanol–water partition coefficient (Wildman–Crippen LogP) is 3.72. The minimum Gasteiger partial charge on any atom is -0.465 e. The third-order valence-corrected chi connectivity index (χ3v) is 3.30. The van der Waals surface area contributed by atoms with Crippen molar-refractivity contribution < 1.29 is 22.7 Å². The van der Waals surface area contributed by atoms with Crippen molar-refractivity contribution in [2.45, 2.75) is 10.4 Å². The number of alkyl halides is 3. The zero-order valence-corrected chi connectivity index (χ0v) is 11.2. The maximum Gasteiger partial charge on any atom is 0.446 e. The summed E-state index contributed by atoms with van der Waals surface area (Å²) in [7, 11) is 1.03. The van der Waals surface area contributed by atoms with Crippen LogP contribution in [0, 0.1) is 11.3 Å². The van der Waals surface area contributed by atoms with Crippen molar-refractivity contribution in [3.63, 3.8) is 0 Å². The monoisotopic (exact) mass is 339 g/mol. The molecule has 0 heterocycles. The SMILES string of the molecule is COC(=O)c1c(SC(F)(F)F)ccc(Br)c1C#N. The lowest BCUT2D eigenvalue weighted by Crippen LogP contribution is -2.09. The Morgan fingerprint density at radius 1 is 1.50 bits per heavy atom. The number of benzene rings is 1. The number of halogens is 4. The van der Waals surface area contributed by atoms with Crippen LogP contribution >= 0.6 is 27.7 Å². The van der Waals surface area contributed by atoms with Crippen molar-refractivity contribution in [3.05, 3.63) is 27.7 Å². The molecule has 96 valence electrons. The molecule has 1 aromatic carbocycles. The third kappa shape index (κ3) is 3.40. The number of ether oxygens (including phenoxy) is 1. The molecule has 0 amide bonds. The fourth-order valence-electron chi connectivity index (χ4n) is 1.18. The lowest BCUT2D eigenvalue weighted by molar-refractivity contribution is -0.0328. The number of carbonyl (C=O) groups is 1. The van der Waals surface area contributed by atoms with Crippen LogP contribution < -0.4 is 0 Å². The summed E-state index contributed by atoms with van der Waals surface area (Å²) in [5.41, 5.74) is -5.13. The molecular weight excluding hydrogens is 335 g/mol. The van der Waals surface area contributed by atoms with E-state index in [1.807, 2.05) is 0 Å². The highest BCUT2D eigenvalue weighted by atomic mass is 79.9. The van der Waals surface area contributed by atoms with Crippen molar-refractivity contribution in [3.8, 4) is 6.07 Å². The van der Waals surface area contributed by atoms with Gasteiger partial charge >= 0.3 is 11.5 Å². The molecule has 0 aliphatic heterocycles. The summed E-state index contributed by atoms with van der Waals surface area (Å²) >= 11 is 2.53. The van der Waals surface area contributed by atoms with Crippen molar-refractivity contribution >= 4 is 33.7 Å². The summed E-state index contributed by atoms with van der Waals surface area (Å²) in [5, 5.41) is 8.89. The molecule has 0 aliphatic rings. The minimum atomic E-state index is -4.55. The first-order chi connectivity index (χ1) is 8.30. The lowest BCUT2D eigenvalue weighted by Gasteiger charge is -2.11. The normalized spacial score (nSPS) is 10.9. The largest absolute Gasteiger partial charge is 0.465 e. The Morgan fingerprint density at radius 3 is 2.56 bits per heavy atom. The van der Waals surface area contributed by atoms with Gasteiger partial charge in [0.15, 0.2) is 0 Å². The van der Waals surface area contributed by atoms with Crippen LogP contribution in [0.4, 0.5) is 13.2 Å². The van der Waals surface area contributed by atoms with Crippen molar-refractivity contribution in [1.29, 1.82) is 5.26 Å². The van der Waals surface area contributed by atoms with Crippen molar-refractivity contribution in [2.24, 2.45) is 0 Å². The first kappa shape index (κ1) is 14.9. The molecule has 0 saturated heterocycles. The minimum absolute atomic E-state index is 0.184. The average Bonchev–Trinajstić information content (AvgIpc) is 2.28. The topological polar surface area (TPSA) is 50.1 Å². The molecule has 0 N–H and O–H groups in total. The molecule has 0 unspecified atom stereocenters. The maximum atomic E-state index is 12.3. The number of methoxy groups -OCH3 is 1. The summed E-state index contributed by atoms with van der Waals surface area (Å²) in [4.78, 5) is 11.1. The third-order valence-electron chi connectivity index (χ3n) is 1.84. The van der Waals surface area contributed by atoms with Crippen molar-refractivity contribution in [1.82, 2.24) is 0 Å². The first-order valence-corrected chi connectivity index (χ1v) is 5.97. The Hall–Kier alpha value is -1.20. The molecule has 0 fully saturated rings. The first-order valence-electron chi connectivity index (χ1n) is 4.36. The van der Waals surface area contributed by atoms with Crippen molar-refractivity contribution in [2.75, 3.05) is 7.11 Å². The molecule has 1 rings (SSSR count). The van der Waals surface area contributed by atoms with Gasteiger partial charge in [-0.1, -0.05) is 0 Å². The molecule has 0 saturated carbocycles. The second-order valence-corrected chi connectivity index (χ2v) is 4.91. The van der Waals surface area contributed by atoms with Gasteiger partial charge < -0.3 is 4.74 Å². The molecular formula is C10H5BrF3NO2S. The van der Waals surface area contributed by atoms with Crippen LogP contribution in [-0.2, 0) is 4.74 Å². The molecule has 18 heavy (non-hydrogen) atoms. The fraction of sp³-hybridized carbons (Fsp3) is 0.200. The second-order valence-electron chi connectivity index (χ2n) is 2.95. The number of carbonyl (C=O) groups excluding carboxylic acids is 1. The van der Waals surface area contributed by atoms with E-state index in [0.29, 0.717) is 0 Å². The van der Waals surface area contributed by atoms with E-state index in [9.17, 15) is 18.0 Å². The number of nitriles is 1. The Bertz CT molecular complexity index is 525. The predicted molar refractivity (Wildman–Crippen MR) is 62.1 cm³/mol. The molecule has 0 aromatic heterocycles. The number of thioether (sulfide) groups is 1. The van der Waals surface area contributed by atoms with Crippen LogP contribution in [0.2, 0.25) is 0 Å². The Kier molecular flexibility index (Phi) is 4.65. The van der Waals surface area contributed by atoms with E-state index in [4.69, 9.17) is 5.26 Å². The number of rotatable bonds is 2. The lowest BCUT2D eigenvalue weighted by atomic mass is 10.1. The van der Waals surface area contributed by atoms with Crippen LogP contribution in [0.3, 0.4) is 0 Å². The zero-order valence-electron chi connectivity index (χ0n) is 8.84. The van der Waals surface area contributed by atoms with E-state index in [-0.39, 0.29) is 14.9 Å². The Morgan fingerprint density at radius 2 is 2.11 bits per heavy atom. The number of hydrogen-bond acceptors (Lipinski definition) is 4. The summed E-state index contributed by atoms with van der Waals surface area (Å²) in [6.45, 7) is 0. The Balaban J connectivity index is 3.44. The highest BCUT2D eigenvalue weighted by Crippen LogP contribution is 2.40. The van der Waals surface area contributed by atoms with Crippen LogP contribution in [0.15, 0.2) is 21.5 Å². The highest BCUT2D eigenvalue weighted by Gasteiger charge is 2.33. The fourth-order valence-corrected chi connectivity index (χ4v) is 2.27. The van der Waals surface area contributed by atoms with Crippen LogP contribution in [0.1, 0.15) is 15.9 Å². The smallest absolute Gasteiger partial charge is 0.446 e. The van der Waals surface area contributed by atoms with Gasteiger partial charge in [-0.15, -0.1) is 0 Å². The molecule has 0 aliphatic carbocycles. The summed E-state index contributed by atoms with van der Waals surface area (Å²) in [6, 6.07) is 4.06. The molecule has 1 aromatic rings. The molecule has 8 heteroatoms. The van der Waals surface area contributed by atoms with E-state index in [1.54, 1.807) is 6.07 Å². The van der Waals surface area contributed by atoms with Gasteiger partial charge in [-0.25, -0.2) is 4.79 Å². The second kappa shape index (κ2) is 5.63. The standard InChI is InChI=1S/C10H5BrF3NO2S/c1-17-9(16)8-5(4-15)6(11)2-3-7(8)18-10(12,13)14/h2-3H,1H3. The number of esters is 1. The van der Waals surface area contributed by atoms with E-state index < -0.39 is 28.8 Å². The molecule has 0 bridgehead atoms. The number of nitrogens with zero attached hydrogens (tertiary/aromatic N) is 1. The van der Waals surface area contributed by atoms with Gasteiger partial charge in [0.05, 0.1) is 18.2 Å². The van der Waals surface area contributed by atoms with Gasteiger partial charge in [0.25, 0.3) is 0 Å². The van der Waals surface area contributed by atoms with Gasteiger partial charge in [0.1, 0.15) is 6.07 Å². The van der Waals surface area contributed by atoms with Crippen LogP contribution in [0.25, 0.3) is 0 Å². The van der Waals surface area contributed by atoms with Gasteiger partial charge in [-0.2, -0.15) is 18.4 Å². The Labute approximate surface area is 113 Å². The zero-order chi connectivity index (χ0) is 13.9. The van der Waals surface area contributed by atoms with E-state index in [1.165, 1.54) is 6.07 Å². The van der Waals surface area contributed by atoms with E-state index in [0.717, 1.165) is 13.2 Å². The van der Waals surface area contributed by atoms with Crippen LogP contribution in [0.5, 0.6) is 0 Å². The van der Waals surface area contributed by atoms with E-state index in [2.05, 4.69) is 20.7 Å². The molecule has 0 radical (unpaired) electrons. The summed E-state index contributed by atoms with van der Waals surface area (Å²) in [5.74, 6) is -0.986. The van der Waals surface area contributed by atoms with Gasteiger partial charge in [-0.3, -0.25) is 0 Å². The molecule has 0 spiro atoms. The van der Waals surface area contributed by atoms with Gasteiger partial charge in [-0.05, 0) is 39.8 Å². The quantitative estimate of drug-likeness (QED) is 0.608. The number of hydrogen-bond donors (Lipinski definition) is 0. The molecule has 3 nitrogen and oxygen atoms in total. The van der Waals surface area contributed by atoms with Gasteiger partial charge in [0.2, 0.25) is 0 Å². The summed E-state index contributed by atoms with van der Waals surface area (Å²) in [6.07, 6.45) is 0. The average molecular weight is 340 g/mol. The van der Waals surface area contributed by atoms with Gasteiger partial charge in [0, 0.05) is 9.37 Å². The van der Waals surface area contributed by atoms with E-state index >= 15 is 0 Å².